The van der Waals surface area contributed by atoms with Crippen LogP contribution in [0.3, 0.4) is 0 Å². The highest BCUT2D eigenvalue weighted by atomic mass is 79.9. The van der Waals surface area contributed by atoms with E-state index in [0.29, 0.717) is 12.2 Å². The third kappa shape index (κ3) is 4.15. The number of fused-ring (bicyclic) bond motifs is 1. The molecule has 0 unspecified atom stereocenters. The van der Waals surface area contributed by atoms with E-state index < -0.39 is 0 Å². The highest BCUT2D eigenvalue weighted by molar-refractivity contribution is 9.10. The standard InChI is InChI=1S/C26H26BrNO2/c1-3-4-10-23-25(26(29)20-11-13-21(27)14-12-20)18(2)15-24-28(23)22(17-30-24)16-19-8-6-5-7-9-19/h3,5-9,11-15,22-23H,1,4,10,16-17H2,2H3/t22-,23-/m0/s1. The summed E-state index contributed by atoms with van der Waals surface area (Å²) in [5.41, 5.74) is 3.85. The molecule has 2 aliphatic rings. The first kappa shape index (κ1) is 20.7. The zero-order chi connectivity index (χ0) is 21.1. The Kier molecular flexibility index (Phi) is 6.24. The number of carbonyl (C=O) groups excluding carboxylic acids is 1. The molecule has 1 saturated heterocycles. The lowest BCUT2D eigenvalue weighted by Crippen LogP contribution is -2.44. The van der Waals surface area contributed by atoms with E-state index >= 15 is 0 Å². The van der Waals surface area contributed by atoms with E-state index in [9.17, 15) is 4.79 Å². The van der Waals surface area contributed by atoms with Crippen LogP contribution in [0.4, 0.5) is 0 Å². The molecule has 2 aromatic carbocycles. The zero-order valence-corrected chi connectivity index (χ0v) is 18.8. The van der Waals surface area contributed by atoms with Crippen molar-refractivity contribution in [1.82, 2.24) is 4.90 Å². The van der Waals surface area contributed by atoms with Crippen molar-refractivity contribution in [2.24, 2.45) is 0 Å². The van der Waals surface area contributed by atoms with Gasteiger partial charge in [0, 0.05) is 21.7 Å². The highest BCUT2D eigenvalue weighted by Crippen LogP contribution is 2.38. The summed E-state index contributed by atoms with van der Waals surface area (Å²) < 4.78 is 7.05. The van der Waals surface area contributed by atoms with Gasteiger partial charge in [0.25, 0.3) is 0 Å². The molecule has 0 bridgehead atoms. The van der Waals surface area contributed by atoms with Crippen molar-refractivity contribution in [2.45, 2.75) is 38.3 Å². The molecule has 0 aliphatic carbocycles. The van der Waals surface area contributed by atoms with Crippen LogP contribution in [-0.2, 0) is 11.2 Å². The van der Waals surface area contributed by atoms with Gasteiger partial charge in [-0.15, -0.1) is 6.58 Å². The predicted octanol–water partition coefficient (Wildman–Crippen LogP) is 6.08. The number of ether oxygens (including phenoxy) is 1. The minimum Gasteiger partial charge on any atom is -0.477 e. The number of benzene rings is 2. The Labute approximate surface area is 186 Å². The number of Topliss-reactive ketones (excluding diaryl/α,β-unsaturated/α-hetero) is 1. The molecule has 2 aliphatic heterocycles. The van der Waals surface area contributed by atoms with Gasteiger partial charge in [0.1, 0.15) is 6.61 Å². The van der Waals surface area contributed by atoms with Crippen LogP contribution in [-0.4, -0.2) is 29.4 Å². The molecule has 0 N–H and O–H groups in total. The number of nitrogens with zero attached hydrogens (tertiary/aromatic N) is 1. The second-order valence-corrected chi connectivity index (χ2v) is 8.77. The highest BCUT2D eigenvalue weighted by Gasteiger charge is 2.41. The molecule has 4 rings (SSSR count). The second-order valence-electron chi connectivity index (χ2n) is 7.86. The monoisotopic (exact) mass is 463 g/mol. The Hall–Kier alpha value is -2.59. The van der Waals surface area contributed by atoms with Gasteiger partial charge in [-0.25, -0.2) is 0 Å². The summed E-state index contributed by atoms with van der Waals surface area (Å²) >= 11 is 3.46. The number of halogens is 1. The van der Waals surface area contributed by atoms with Gasteiger partial charge in [-0.2, -0.15) is 0 Å². The van der Waals surface area contributed by atoms with Crippen molar-refractivity contribution >= 4 is 21.7 Å². The molecule has 3 nitrogen and oxygen atoms in total. The smallest absolute Gasteiger partial charge is 0.191 e. The molecule has 0 radical (unpaired) electrons. The van der Waals surface area contributed by atoms with Crippen molar-refractivity contribution in [2.75, 3.05) is 6.61 Å². The molecule has 2 aromatic rings. The topological polar surface area (TPSA) is 29.5 Å². The molecule has 30 heavy (non-hydrogen) atoms. The van der Waals surface area contributed by atoms with Crippen LogP contribution < -0.4 is 0 Å². The van der Waals surface area contributed by atoms with Gasteiger partial charge in [-0.1, -0.05) is 52.3 Å². The van der Waals surface area contributed by atoms with Gasteiger partial charge >= 0.3 is 0 Å². The Morgan fingerprint density at radius 3 is 2.63 bits per heavy atom. The lowest BCUT2D eigenvalue weighted by Gasteiger charge is -2.38. The second kappa shape index (κ2) is 9.05. The first-order valence-electron chi connectivity index (χ1n) is 10.4. The molecule has 2 heterocycles. The van der Waals surface area contributed by atoms with Crippen LogP contribution in [0, 0.1) is 0 Å². The minimum absolute atomic E-state index is 0.0182. The van der Waals surface area contributed by atoms with Crippen LogP contribution in [0.1, 0.15) is 35.7 Å². The minimum atomic E-state index is -0.0182. The quantitative estimate of drug-likeness (QED) is 0.367. The van der Waals surface area contributed by atoms with Crippen LogP contribution >= 0.6 is 15.9 Å². The number of hydrogen-bond donors (Lipinski definition) is 0. The Bertz CT molecular complexity index is 991. The molecule has 0 amide bonds. The van der Waals surface area contributed by atoms with Crippen molar-refractivity contribution in [3.63, 3.8) is 0 Å². The van der Waals surface area contributed by atoms with Crippen LogP contribution in [0.5, 0.6) is 0 Å². The van der Waals surface area contributed by atoms with Gasteiger partial charge < -0.3 is 9.64 Å². The van der Waals surface area contributed by atoms with Gasteiger partial charge in [-0.05, 0) is 61.6 Å². The summed E-state index contributed by atoms with van der Waals surface area (Å²) in [7, 11) is 0. The Morgan fingerprint density at radius 2 is 1.93 bits per heavy atom. The van der Waals surface area contributed by atoms with Gasteiger partial charge in [0.05, 0.1) is 12.1 Å². The number of ketones is 1. The van der Waals surface area contributed by atoms with E-state index in [2.05, 4.69) is 51.7 Å². The largest absolute Gasteiger partial charge is 0.477 e. The average Bonchev–Trinajstić information content (AvgIpc) is 3.14. The molecule has 1 fully saturated rings. The summed E-state index contributed by atoms with van der Waals surface area (Å²) in [6, 6.07) is 18.3. The molecular formula is C26H26BrNO2. The van der Waals surface area contributed by atoms with Crippen LogP contribution in [0.2, 0.25) is 0 Å². The summed E-state index contributed by atoms with van der Waals surface area (Å²) in [4.78, 5) is 15.9. The fourth-order valence-corrected chi connectivity index (χ4v) is 4.66. The maximum absolute atomic E-state index is 13.6. The van der Waals surface area contributed by atoms with Gasteiger partial charge in [-0.3, -0.25) is 4.79 Å². The third-order valence-electron chi connectivity index (χ3n) is 5.81. The van der Waals surface area contributed by atoms with E-state index in [1.165, 1.54) is 5.56 Å². The van der Waals surface area contributed by atoms with Crippen molar-refractivity contribution < 1.29 is 9.53 Å². The van der Waals surface area contributed by atoms with Crippen molar-refractivity contribution in [1.29, 1.82) is 0 Å². The lowest BCUT2D eigenvalue weighted by atomic mass is 9.86. The molecule has 0 aromatic heterocycles. The molecule has 0 saturated carbocycles. The van der Waals surface area contributed by atoms with E-state index in [1.54, 1.807) is 0 Å². The molecule has 154 valence electrons. The van der Waals surface area contributed by atoms with E-state index in [1.807, 2.05) is 49.4 Å². The summed E-state index contributed by atoms with van der Waals surface area (Å²) in [5.74, 6) is 0.976. The summed E-state index contributed by atoms with van der Waals surface area (Å²) in [6.45, 7) is 6.56. The summed E-state index contributed by atoms with van der Waals surface area (Å²) in [5, 5.41) is 0. The van der Waals surface area contributed by atoms with Gasteiger partial charge in [0.2, 0.25) is 0 Å². The van der Waals surface area contributed by atoms with E-state index in [0.717, 1.165) is 40.8 Å². The van der Waals surface area contributed by atoms with E-state index in [4.69, 9.17) is 4.74 Å². The van der Waals surface area contributed by atoms with Crippen molar-refractivity contribution in [3.8, 4) is 0 Å². The molecular weight excluding hydrogens is 438 g/mol. The number of rotatable bonds is 7. The zero-order valence-electron chi connectivity index (χ0n) is 17.2. The van der Waals surface area contributed by atoms with Crippen LogP contribution in [0.15, 0.2) is 94.8 Å². The third-order valence-corrected chi connectivity index (χ3v) is 6.34. The SMILES string of the molecule is C=CCC[C@H]1C(C(=O)c2ccc(Br)cc2)=C(C)C=C2OC[C@H](Cc3ccccc3)N21. The first-order valence-corrected chi connectivity index (χ1v) is 11.2. The van der Waals surface area contributed by atoms with Crippen LogP contribution in [0.25, 0.3) is 0 Å². The summed E-state index contributed by atoms with van der Waals surface area (Å²) in [6.07, 6.45) is 6.53. The fraction of sp³-hybridized carbons (Fsp3) is 0.269. The maximum Gasteiger partial charge on any atom is 0.191 e. The predicted molar refractivity (Wildman–Crippen MR) is 124 cm³/mol. The van der Waals surface area contributed by atoms with Gasteiger partial charge in [0.15, 0.2) is 11.7 Å². The average molecular weight is 464 g/mol. The lowest BCUT2D eigenvalue weighted by molar-refractivity contribution is 0.0994. The molecule has 2 atom stereocenters. The first-order chi connectivity index (χ1) is 14.6. The number of allylic oxidation sites excluding steroid dienone is 3. The fourth-order valence-electron chi connectivity index (χ4n) is 4.40. The van der Waals surface area contributed by atoms with E-state index in [-0.39, 0.29) is 17.9 Å². The molecule has 0 spiro atoms. The number of carbonyl (C=O) groups is 1. The Morgan fingerprint density at radius 1 is 1.20 bits per heavy atom. The van der Waals surface area contributed by atoms with Crippen molar-refractivity contribution in [3.05, 3.63) is 106 Å². The Balaban J connectivity index is 1.68. The molecule has 4 heteroatoms. The normalized spacial score (nSPS) is 20.5. The number of hydrogen-bond acceptors (Lipinski definition) is 3. The maximum atomic E-state index is 13.6.